The zero-order valence-electron chi connectivity index (χ0n) is 17.7. The number of benzene rings is 1. The van der Waals surface area contributed by atoms with Crippen LogP contribution in [-0.2, 0) is 19.1 Å². The van der Waals surface area contributed by atoms with Gasteiger partial charge in [0.15, 0.2) is 11.5 Å². The maximum atomic E-state index is 12.7. The summed E-state index contributed by atoms with van der Waals surface area (Å²) in [5.41, 5.74) is 1.41. The zero-order chi connectivity index (χ0) is 21.4. The Morgan fingerprint density at radius 2 is 1.55 bits per heavy atom. The van der Waals surface area contributed by atoms with Crippen LogP contribution in [0.25, 0.3) is 0 Å². The quantitative estimate of drug-likeness (QED) is 0.585. The summed E-state index contributed by atoms with van der Waals surface area (Å²) in [4.78, 5) is 27.0. The second-order valence-corrected chi connectivity index (χ2v) is 6.47. The Bertz CT molecular complexity index is 762. The van der Waals surface area contributed by atoms with Crippen LogP contribution in [0.15, 0.2) is 41.7 Å². The van der Waals surface area contributed by atoms with Crippen LogP contribution in [-0.4, -0.2) is 50.8 Å². The van der Waals surface area contributed by atoms with Gasteiger partial charge in [0.2, 0.25) is 0 Å². The average Bonchev–Trinajstić information content (AvgIpc) is 2.71. The van der Waals surface area contributed by atoms with E-state index in [9.17, 15) is 9.59 Å². The van der Waals surface area contributed by atoms with Gasteiger partial charge in [-0.1, -0.05) is 13.0 Å². The molecule has 1 heterocycles. The standard InChI is InChI=1S/C22H29NO6/c1-6-11-29-18-10-9-15(12-19(18)26-5)20-16(21(24)27-7-2)13-23(4)14-17(20)22(25)28-8-3/h9-10,12-14,20H,6-8,11H2,1-5H3. The largest absolute Gasteiger partial charge is 0.493 e. The van der Waals surface area contributed by atoms with Gasteiger partial charge in [0.25, 0.3) is 0 Å². The third-order valence-electron chi connectivity index (χ3n) is 4.31. The highest BCUT2D eigenvalue weighted by molar-refractivity contribution is 5.98. The van der Waals surface area contributed by atoms with Crippen molar-refractivity contribution in [3.63, 3.8) is 0 Å². The Kier molecular flexibility index (Phi) is 8.12. The molecule has 0 fully saturated rings. The summed E-state index contributed by atoms with van der Waals surface area (Å²) in [6.45, 7) is 6.53. The van der Waals surface area contributed by atoms with Gasteiger partial charge in [0.05, 0.1) is 44.0 Å². The van der Waals surface area contributed by atoms with E-state index in [0.29, 0.717) is 34.8 Å². The zero-order valence-corrected chi connectivity index (χ0v) is 17.7. The Hall–Kier alpha value is -2.96. The molecule has 158 valence electrons. The van der Waals surface area contributed by atoms with E-state index in [0.717, 1.165) is 6.42 Å². The van der Waals surface area contributed by atoms with Gasteiger partial charge in [-0.15, -0.1) is 0 Å². The van der Waals surface area contributed by atoms with Gasteiger partial charge in [-0.05, 0) is 38.0 Å². The Labute approximate surface area is 171 Å². The first-order valence-corrected chi connectivity index (χ1v) is 9.77. The van der Waals surface area contributed by atoms with Crippen molar-refractivity contribution >= 4 is 11.9 Å². The summed E-state index contributed by atoms with van der Waals surface area (Å²) in [5, 5.41) is 0. The second-order valence-electron chi connectivity index (χ2n) is 6.47. The summed E-state index contributed by atoms with van der Waals surface area (Å²) < 4.78 is 21.7. The molecule has 0 unspecified atom stereocenters. The van der Waals surface area contributed by atoms with Crippen molar-refractivity contribution < 1.29 is 28.5 Å². The molecule has 7 heteroatoms. The molecule has 0 amide bonds. The van der Waals surface area contributed by atoms with Crippen LogP contribution in [0.5, 0.6) is 11.5 Å². The first kappa shape index (κ1) is 22.3. The van der Waals surface area contributed by atoms with Gasteiger partial charge < -0.3 is 23.8 Å². The maximum Gasteiger partial charge on any atom is 0.336 e. The Morgan fingerprint density at radius 1 is 0.966 bits per heavy atom. The number of nitrogens with zero attached hydrogens (tertiary/aromatic N) is 1. The molecule has 0 N–H and O–H groups in total. The number of hydrogen-bond acceptors (Lipinski definition) is 7. The molecule has 0 bridgehead atoms. The molecule has 2 rings (SSSR count). The molecule has 7 nitrogen and oxygen atoms in total. The van der Waals surface area contributed by atoms with Crippen LogP contribution in [0, 0.1) is 0 Å². The van der Waals surface area contributed by atoms with E-state index in [-0.39, 0.29) is 13.2 Å². The first-order valence-electron chi connectivity index (χ1n) is 9.77. The van der Waals surface area contributed by atoms with E-state index in [2.05, 4.69) is 0 Å². The maximum absolute atomic E-state index is 12.7. The van der Waals surface area contributed by atoms with Crippen molar-refractivity contribution in [2.45, 2.75) is 33.1 Å². The lowest BCUT2D eigenvalue weighted by Crippen LogP contribution is -2.28. The molecule has 0 atom stereocenters. The topological polar surface area (TPSA) is 74.3 Å². The van der Waals surface area contributed by atoms with E-state index in [1.54, 1.807) is 57.4 Å². The van der Waals surface area contributed by atoms with E-state index in [4.69, 9.17) is 18.9 Å². The van der Waals surface area contributed by atoms with Gasteiger partial charge in [0, 0.05) is 19.4 Å². The van der Waals surface area contributed by atoms with Gasteiger partial charge in [-0.2, -0.15) is 0 Å². The summed E-state index contributed by atoms with van der Waals surface area (Å²) in [5.74, 6) is -0.469. The average molecular weight is 403 g/mol. The van der Waals surface area contributed by atoms with E-state index in [1.807, 2.05) is 13.0 Å². The van der Waals surface area contributed by atoms with Crippen molar-refractivity contribution in [3.8, 4) is 11.5 Å². The summed E-state index contributed by atoms with van der Waals surface area (Å²) in [6, 6.07) is 5.39. The normalized spacial score (nSPS) is 14.0. The molecule has 1 aliphatic rings. The molecule has 0 saturated carbocycles. The molecule has 1 aromatic carbocycles. The van der Waals surface area contributed by atoms with Crippen molar-refractivity contribution in [2.75, 3.05) is 34.0 Å². The fourth-order valence-corrected chi connectivity index (χ4v) is 3.12. The first-order chi connectivity index (χ1) is 14.0. The van der Waals surface area contributed by atoms with Crippen LogP contribution in [0.3, 0.4) is 0 Å². The highest BCUT2D eigenvalue weighted by Gasteiger charge is 2.35. The van der Waals surface area contributed by atoms with Crippen molar-refractivity contribution in [1.29, 1.82) is 0 Å². The number of esters is 2. The van der Waals surface area contributed by atoms with Crippen LogP contribution < -0.4 is 9.47 Å². The third kappa shape index (κ3) is 5.31. The van der Waals surface area contributed by atoms with Gasteiger partial charge >= 0.3 is 11.9 Å². The van der Waals surface area contributed by atoms with Crippen LogP contribution in [0.2, 0.25) is 0 Å². The van der Waals surface area contributed by atoms with E-state index >= 15 is 0 Å². The van der Waals surface area contributed by atoms with E-state index < -0.39 is 17.9 Å². The predicted molar refractivity (Wildman–Crippen MR) is 109 cm³/mol. The molecular formula is C22H29NO6. The molecule has 1 aliphatic heterocycles. The Balaban J connectivity index is 2.54. The summed E-state index contributed by atoms with van der Waals surface area (Å²) in [7, 11) is 3.30. The second kappa shape index (κ2) is 10.5. The minimum Gasteiger partial charge on any atom is -0.493 e. The molecule has 29 heavy (non-hydrogen) atoms. The van der Waals surface area contributed by atoms with E-state index in [1.165, 1.54) is 0 Å². The number of carbonyl (C=O) groups excluding carboxylic acids is 2. The number of ether oxygens (including phenoxy) is 4. The Morgan fingerprint density at radius 3 is 2.03 bits per heavy atom. The number of rotatable bonds is 9. The molecule has 0 aromatic heterocycles. The molecule has 0 aliphatic carbocycles. The fraction of sp³-hybridized carbons (Fsp3) is 0.455. The number of methoxy groups -OCH3 is 1. The van der Waals surface area contributed by atoms with Crippen LogP contribution in [0.4, 0.5) is 0 Å². The van der Waals surface area contributed by atoms with Crippen molar-refractivity contribution in [1.82, 2.24) is 4.90 Å². The minimum atomic E-state index is -0.640. The molecule has 0 spiro atoms. The number of hydrogen-bond donors (Lipinski definition) is 0. The monoisotopic (exact) mass is 403 g/mol. The SMILES string of the molecule is CCCOc1ccc(C2C(C(=O)OCC)=CN(C)C=C2C(=O)OCC)cc1OC. The molecule has 0 saturated heterocycles. The third-order valence-corrected chi connectivity index (χ3v) is 4.31. The minimum absolute atomic E-state index is 0.234. The van der Waals surface area contributed by atoms with Crippen LogP contribution >= 0.6 is 0 Å². The summed E-state index contributed by atoms with van der Waals surface area (Å²) >= 11 is 0. The highest BCUT2D eigenvalue weighted by atomic mass is 16.5. The van der Waals surface area contributed by atoms with Gasteiger partial charge in [-0.3, -0.25) is 0 Å². The van der Waals surface area contributed by atoms with Crippen molar-refractivity contribution in [3.05, 3.63) is 47.3 Å². The molecular weight excluding hydrogens is 374 g/mol. The van der Waals surface area contributed by atoms with Gasteiger partial charge in [-0.25, -0.2) is 9.59 Å². The molecule has 0 radical (unpaired) electrons. The highest BCUT2D eigenvalue weighted by Crippen LogP contribution is 2.40. The lowest BCUT2D eigenvalue weighted by molar-refractivity contribution is -0.139. The van der Waals surface area contributed by atoms with Crippen molar-refractivity contribution in [2.24, 2.45) is 0 Å². The van der Waals surface area contributed by atoms with Gasteiger partial charge in [0.1, 0.15) is 0 Å². The molecule has 1 aromatic rings. The number of carbonyl (C=O) groups is 2. The lowest BCUT2D eigenvalue weighted by Gasteiger charge is -2.28. The van der Waals surface area contributed by atoms with Crippen LogP contribution in [0.1, 0.15) is 38.7 Å². The summed E-state index contributed by atoms with van der Waals surface area (Å²) in [6.07, 6.45) is 4.20. The fourth-order valence-electron chi connectivity index (χ4n) is 3.12. The smallest absolute Gasteiger partial charge is 0.336 e. The predicted octanol–water partition coefficient (Wildman–Crippen LogP) is 3.41. The lowest BCUT2D eigenvalue weighted by atomic mass is 9.83.